The molecule has 0 aliphatic heterocycles. The van der Waals surface area contributed by atoms with Crippen LogP contribution < -0.4 is 0 Å². The molecule has 22 heavy (non-hydrogen) atoms. The Morgan fingerprint density at radius 1 is 1.09 bits per heavy atom. The van der Waals surface area contributed by atoms with E-state index in [4.69, 9.17) is 0 Å². The molecule has 0 atom stereocenters. The maximum atomic E-state index is 12.2. The first kappa shape index (κ1) is 16.4. The summed E-state index contributed by atoms with van der Waals surface area (Å²) < 4.78 is 1.43. The predicted molar refractivity (Wildman–Crippen MR) is 89.9 cm³/mol. The van der Waals surface area contributed by atoms with Crippen molar-refractivity contribution in [3.63, 3.8) is 0 Å². The number of carbonyl (C=O) groups excluding carboxylic acids is 1. The van der Waals surface area contributed by atoms with Crippen LogP contribution in [0.15, 0.2) is 36.4 Å². The van der Waals surface area contributed by atoms with E-state index in [1.54, 1.807) is 0 Å². The van der Waals surface area contributed by atoms with Gasteiger partial charge in [0.15, 0.2) is 0 Å². The lowest BCUT2D eigenvalue weighted by molar-refractivity contribution is 0.0886. The molecule has 1 aromatic heterocycles. The largest absolute Gasteiger partial charge is 0.273 e. The predicted octanol–water partition coefficient (Wildman–Crippen LogP) is 4.77. The molecule has 0 fully saturated rings. The lowest BCUT2D eigenvalue weighted by atomic mass is 10.1. The lowest BCUT2D eigenvalue weighted by Crippen LogP contribution is -2.12. The van der Waals surface area contributed by atoms with Gasteiger partial charge in [-0.15, -0.1) is 5.10 Å². The van der Waals surface area contributed by atoms with E-state index in [-0.39, 0.29) is 5.91 Å². The summed E-state index contributed by atoms with van der Waals surface area (Å²) >= 11 is 0. The first-order valence-corrected chi connectivity index (χ1v) is 8.31. The summed E-state index contributed by atoms with van der Waals surface area (Å²) in [6.45, 7) is 2.21. The number of nitrogens with zero attached hydrogens (tertiary/aromatic N) is 3. The Balaban J connectivity index is 1.67. The van der Waals surface area contributed by atoms with Gasteiger partial charge in [-0.1, -0.05) is 55.7 Å². The van der Waals surface area contributed by atoms with Crippen molar-refractivity contribution in [3.05, 3.63) is 36.4 Å². The van der Waals surface area contributed by atoms with E-state index in [1.807, 2.05) is 24.3 Å². The van der Waals surface area contributed by atoms with Crippen LogP contribution in [0.1, 0.15) is 63.1 Å². The van der Waals surface area contributed by atoms with Crippen LogP contribution in [-0.4, -0.2) is 20.9 Å². The summed E-state index contributed by atoms with van der Waals surface area (Å²) in [6.07, 6.45) is 13.0. The van der Waals surface area contributed by atoms with Gasteiger partial charge in [-0.25, -0.2) is 0 Å². The molecule has 0 aliphatic carbocycles. The van der Waals surface area contributed by atoms with Crippen molar-refractivity contribution >= 4 is 16.9 Å². The second-order valence-corrected chi connectivity index (χ2v) is 5.60. The molecule has 0 bridgehead atoms. The third kappa shape index (κ3) is 4.79. The van der Waals surface area contributed by atoms with Gasteiger partial charge in [0.1, 0.15) is 5.52 Å². The van der Waals surface area contributed by atoms with E-state index >= 15 is 0 Å². The average molecular weight is 299 g/mol. The molecule has 1 aromatic carbocycles. The molecule has 0 amide bonds. The molecular weight excluding hydrogens is 274 g/mol. The molecule has 4 heteroatoms. The van der Waals surface area contributed by atoms with Gasteiger partial charge in [0.2, 0.25) is 5.91 Å². The van der Waals surface area contributed by atoms with Crippen LogP contribution in [-0.2, 0) is 0 Å². The minimum Gasteiger partial charge on any atom is -0.273 e. The fourth-order valence-corrected chi connectivity index (χ4v) is 2.43. The van der Waals surface area contributed by atoms with Crippen LogP contribution in [0.3, 0.4) is 0 Å². The molecule has 0 spiro atoms. The van der Waals surface area contributed by atoms with Crippen LogP contribution in [0.4, 0.5) is 0 Å². The Hall–Kier alpha value is -1.97. The molecule has 0 saturated carbocycles. The molecule has 1 heterocycles. The standard InChI is InChI=1S/C18H25N3O/c1-2-3-4-5-6-7-8-9-10-15-18(22)21-17-14-12-11-13-16(17)19-20-21/h5-6,11-14H,2-4,7-10,15H2,1H3/b6-5+. The number of fused-ring (bicyclic) bond motifs is 1. The van der Waals surface area contributed by atoms with E-state index in [2.05, 4.69) is 29.4 Å². The van der Waals surface area contributed by atoms with Crippen LogP contribution in [0.25, 0.3) is 11.0 Å². The number of carbonyl (C=O) groups is 1. The van der Waals surface area contributed by atoms with E-state index < -0.39 is 0 Å². The summed E-state index contributed by atoms with van der Waals surface area (Å²) in [5.41, 5.74) is 1.57. The van der Waals surface area contributed by atoms with E-state index in [0.29, 0.717) is 6.42 Å². The highest BCUT2D eigenvalue weighted by Crippen LogP contribution is 2.12. The van der Waals surface area contributed by atoms with Gasteiger partial charge in [0.25, 0.3) is 0 Å². The molecule has 118 valence electrons. The molecule has 0 aliphatic rings. The van der Waals surface area contributed by atoms with E-state index in [1.165, 1.54) is 23.9 Å². The molecule has 4 nitrogen and oxygen atoms in total. The smallest absolute Gasteiger partial charge is 0.248 e. The molecule has 2 rings (SSSR count). The van der Waals surface area contributed by atoms with Crippen LogP contribution >= 0.6 is 0 Å². The summed E-state index contributed by atoms with van der Waals surface area (Å²) in [7, 11) is 0. The van der Waals surface area contributed by atoms with Crippen LogP contribution in [0.2, 0.25) is 0 Å². The number of hydrogen-bond acceptors (Lipinski definition) is 3. The summed E-state index contributed by atoms with van der Waals surface area (Å²) in [5.74, 6) is 0.0344. The number of unbranched alkanes of at least 4 members (excludes halogenated alkanes) is 5. The fraction of sp³-hybridized carbons (Fsp3) is 0.500. The highest BCUT2D eigenvalue weighted by molar-refractivity contribution is 5.88. The fourth-order valence-electron chi connectivity index (χ4n) is 2.43. The molecule has 0 N–H and O–H groups in total. The molecular formula is C18H25N3O. The summed E-state index contributed by atoms with van der Waals surface area (Å²) in [4.78, 5) is 12.2. The third-order valence-electron chi connectivity index (χ3n) is 3.74. The number of aromatic nitrogens is 3. The van der Waals surface area contributed by atoms with Crippen molar-refractivity contribution in [2.75, 3.05) is 0 Å². The van der Waals surface area contributed by atoms with Crippen LogP contribution in [0, 0.1) is 0 Å². The Morgan fingerprint density at radius 2 is 1.86 bits per heavy atom. The van der Waals surface area contributed by atoms with Gasteiger partial charge in [-0.3, -0.25) is 4.79 Å². The van der Waals surface area contributed by atoms with Crippen molar-refractivity contribution in [3.8, 4) is 0 Å². The number of para-hydroxylation sites is 1. The van der Waals surface area contributed by atoms with Crippen LogP contribution in [0.5, 0.6) is 0 Å². The second kappa shape index (κ2) is 9.13. The Labute approximate surface area is 132 Å². The SMILES string of the molecule is CCCC/C=C/CCCCCC(=O)n1nnc2ccccc21. The quantitative estimate of drug-likeness (QED) is 0.495. The van der Waals surface area contributed by atoms with Crippen molar-refractivity contribution < 1.29 is 4.79 Å². The second-order valence-electron chi connectivity index (χ2n) is 5.60. The van der Waals surface area contributed by atoms with Crippen molar-refractivity contribution in [1.29, 1.82) is 0 Å². The normalized spacial score (nSPS) is 11.5. The molecule has 2 aromatic rings. The average Bonchev–Trinajstić information content (AvgIpc) is 2.97. The summed E-state index contributed by atoms with van der Waals surface area (Å²) in [6, 6.07) is 7.56. The number of rotatable bonds is 9. The Kier molecular flexibility index (Phi) is 6.81. The van der Waals surface area contributed by atoms with Crippen molar-refractivity contribution in [2.24, 2.45) is 0 Å². The third-order valence-corrected chi connectivity index (χ3v) is 3.74. The molecule has 0 radical (unpaired) electrons. The zero-order chi connectivity index (χ0) is 15.6. The first-order valence-electron chi connectivity index (χ1n) is 8.31. The molecule has 0 unspecified atom stereocenters. The minimum atomic E-state index is 0.0344. The lowest BCUT2D eigenvalue weighted by Gasteiger charge is -2.01. The van der Waals surface area contributed by atoms with Gasteiger partial charge in [0, 0.05) is 6.42 Å². The maximum absolute atomic E-state index is 12.2. The number of hydrogen-bond donors (Lipinski definition) is 0. The van der Waals surface area contributed by atoms with E-state index in [9.17, 15) is 4.79 Å². The first-order chi connectivity index (χ1) is 10.8. The number of benzene rings is 1. The monoisotopic (exact) mass is 299 g/mol. The Bertz CT molecular complexity index is 616. The summed E-state index contributed by atoms with van der Waals surface area (Å²) in [5, 5.41) is 7.97. The van der Waals surface area contributed by atoms with Gasteiger partial charge in [0.05, 0.1) is 5.52 Å². The van der Waals surface area contributed by atoms with Gasteiger partial charge >= 0.3 is 0 Å². The van der Waals surface area contributed by atoms with Gasteiger partial charge in [-0.05, 0) is 37.8 Å². The zero-order valence-electron chi connectivity index (χ0n) is 13.4. The topological polar surface area (TPSA) is 47.8 Å². The number of allylic oxidation sites excluding steroid dienone is 2. The van der Waals surface area contributed by atoms with Gasteiger partial charge in [-0.2, -0.15) is 4.68 Å². The van der Waals surface area contributed by atoms with Crippen molar-refractivity contribution in [1.82, 2.24) is 15.0 Å². The molecule has 0 saturated heterocycles. The zero-order valence-corrected chi connectivity index (χ0v) is 13.4. The highest BCUT2D eigenvalue weighted by Gasteiger charge is 2.10. The maximum Gasteiger partial charge on any atom is 0.248 e. The minimum absolute atomic E-state index is 0.0344. The van der Waals surface area contributed by atoms with E-state index in [0.717, 1.165) is 36.7 Å². The highest BCUT2D eigenvalue weighted by atomic mass is 16.2. The van der Waals surface area contributed by atoms with Crippen molar-refractivity contribution in [2.45, 2.75) is 58.3 Å². The Morgan fingerprint density at radius 3 is 2.68 bits per heavy atom. The van der Waals surface area contributed by atoms with Gasteiger partial charge < -0.3 is 0 Å².